The first-order chi connectivity index (χ1) is 5.76. The minimum Gasteiger partial charge on any atom is -0.321 e. The lowest BCUT2D eigenvalue weighted by Gasteiger charge is -2.11. The fraction of sp³-hybridized carbons (Fsp3) is 0.273. The molecule has 0 spiro atoms. The third-order valence-corrected chi connectivity index (χ3v) is 2.51. The fourth-order valence-corrected chi connectivity index (χ4v) is 1.53. The summed E-state index contributed by atoms with van der Waals surface area (Å²) in [5.74, 6) is 0. The van der Waals surface area contributed by atoms with E-state index >= 15 is 0 Å². The molecular formula is C11H13N. The molecule has 1 nitrogen and oxygen atoms in total. The van der Waals surface area contributed by atoms with Crippen LogP contribution in [0.1, 0.15) is 24.0 Å². The third kappa shape index (κ3) is 1.07. The van der Waals surface area contributed by atoms with Crippen molar-refractivity contribution in [2.75, 3.05) is 0 Å². The topological polar surface area (TPSA) is 26.0 Å². The summed E-state index contributed by atoms with van der Waals surface area (Å²) in [6, 6.07) is 8.22. The molecule has 12 heavy (non-hydrogen) atoms. The van der Waals surface area contributed by atoms with Crippen LogP contribution in [0.15, 0.2) is 30.8 Å². The van der Waals surface area contributed by atoms with E-state index in [0.717, 1.165) is 12.8 Å². The average molecular weight is 159 g/mol. The van der Waals surface area contributed by atoms with E-state index in [2.05, 4.69) is 18.7 Å². The highest BCUT2D eigenvalue weighted by molar-refractivity contribution is 5.55. The second kappa shape index (κ2) is 2.46. The van der Waals surface area contributed by atoms with Crippen molar-refractivity contribution in [1.29, 1.82) is 0 Å². The van der Waals surface area contributed by atoms with Gasteiger partial charge in [-0.15, -0.1) is 0 Å². The smallest absolute Gasteiger partial charge is 0.0417 e. The molecule has 1 heteroatoms. The van der Waals surface area contributed by atoms with Gasteiger partial charge >= 0.3 is 0 Å². The van der Waals surface area contributed by atoms with Crippen LogP contribution in [0.5, 0.6) is 0 Å². The van der Waals surface area contributed by atoms with Crippen LogP contribution in [0.4, 0.5) is 0 Å². The minimum absolute atomic E-state index is 0.0369. The highest BCUT2D eigenvalue weighted by atomic mass is 14.8. The van der Waals surface area contributed by atoms with Crippen molar-refractivity contribution < 1.29 is 0 Å². The molecule has 0 atom stereocenters. The van der Waals surface area contributed by atoms with Crippen LogP contribution < -0.4 is 5.73 Å². The molecule has 0 aliphatic heterocycles. The summed E-state index contributed by atoms with van der Waals surface area (Å²) in [6.45, 7) is 3.78. The average Bonchev–Trinajstić information content (AvgIpc) is 2.85. The SMILES string of the molecule is C=Cc1ccccc1C1(N)CC1. The fourth-order valence-electron chi connectivity index (χ4n) is 1.53. The predicted octanol–water partition coefficient (Wildman–Crippen LogP) is 2.28. The molecule has 1 fully saturated rings. The molecule has 2 N–H and O–H groups in total. The summed E-state index contributed by atoms with van der Waals surface area (Å²) in [4.78, 5) is 0. The molecule has 62 valence electrons. The molecule has 2 rings (SSSR count). The Hall–Kier alpha value is -1.08. The zero-order valence-electron chi connectivity index (χ0n) is 7.09. The normalized spacial score (nSPS) is 18.8. The Morgan fingerprint density at radius 3 is 2.58 bits per heavy atom. The van der Waals surface area contributed by atoms with Crippen LogP contribution in [0, 0.1) is 0 Å². The van der Waals surface area contributed by atoms with Crippen molar-refractivity contribution in [3.05, 3.63) is 42.0 Å². The Morgan fingerprint density at radius 2 is 2.00 bits per heavy atom. The molecule has 1 aliphatic carbocycles. The first-order valence-electron chi connectivity index (χ1n) is 4.27. The van der Waals surface area contributed by atoms with E-state index < -0.39 is 0 Å². The van der Waals surface area contributed by atoms with E-state index in [0.29, 0.717) is 0 Å². The van der Waals surface area contributed by atoms with Crippen molar-refractivity contribution in [3.8, 4) is 0 Å². The van der Waals surface area contributed by atoms with Gasteiger partial charge in [0.2, 0.25) is 0 Å². The van der Waals surface area contributed by atoms with Gasteiger partial charge in [-0.25, -0.2) is 0 Å². The van der Waals surface area contributed by atoms with E-state index in [-0.39, 0.29) is 5.54 Å². The van der Waals surface area contributed by atoms with Crippen LogP contribution in [0.3, 0.4) is 0 Å². The number of hydrogen-bond acceptors (Lipinski definition) is 1. The lowest BCUT2D eigenvalue weighted by atomic mass is 9.99. The monoisotopic (exact) mass is 159 g/mol. The van der Waals surface area contributed by atoms with Gasteiger partial charge in [0.25, 0.3) is 0 Å². The maximum atomic E-state index is 6.10. The maximum absolute atomic E-state index is 6.10. The van der Waals surface area contributed by atoms with E-state index in [1.807, 2.05) is 18.2 Å². The van der Waals surface area contributed by atoms with Gasteiger partial charge in [-0.3, -0.25) is 0 Å². The predicted molar refractivity (Wildman–Crippen MR) is 51.6 cm³/mol. The Balaban J connectivity index is 2.48. The van der Waals surface area contributed by atoms with Gasteiger partial charge in [0, 0.05) is 5.54 Å². The van der Waals surface area contributed by atoms with Gasteiger partial charge < -0.3 is 5.73 Å². The van der Waals surface area contributed by atoms with Crippen molar-refractivity contribution in [1.82, 2.24) is 0 Å². The van der Waals surface area contributed by atoms with Crippen LogP contribution in [0.2, 0.25) is 0 Å². The number of hydrogen-bond donors (Lipinski definition) is 1. The molecular weight excluding hydrogens is 146 g/mol. The van der Waals surface area contributed by atoms with E-state index in [1.165, 1.54) is 11.1 Å². The molecule has 1 aromatic carbocycles. The van der Waals surface area contributed by atoms with Crippen molar-refractivity contribution in [3.63, 3.8) is 0 Å². The van der Waals surface area contributed by atoms with Gasteiger partial charge in [0.1, 0.15) is 0 Å². The van der Waals surface area contributed by atoms with Crippen LogP contribution in [0.25, 0.3) is 6.08 Å². The summed E-state index contributed by atoms with van der Waals surface area (Å²) >= 11 is 0. The molecule has 1 aliphatic rings. The molecule has 0 aromatic heterocycles. The summed E-state index contributed by atoms with van der Waals surface area (Å²) in [7, 11) is 0. The van der Waals surface area contributed by atoms with Gasteiger partial charge in [-0.05, 0) is 24.0 Å². The van der Waals surface area contributed by atoms with Gasteiger partial charge in [-0.1, -0.05) is 36.9 Å². The zero-order chi connectivity index (χ0) is 8.60. The Kier molecular flexibility index (Phi) is 1.55. The van der Waals surface area contributed by atoms with Gasteiger partial charge in [0.05, 0.1) is 0 Å². The first-order valence-corrected chi connectivity index (χ1v) is 4.27. The molecule has 0 unspecified atom stereocenters. The number of rotatable bonds is 2. The number of nitrogens with two attached hydrogens (primary N) is 1. The summed E-state index contributed by atoms with van der Waals surface area (Å²) in [5.41, 5.74) is 8.49. The Labute approximate surface area is 72.9 Å². The molecule has 0 amide bonds. The van der Waals surface area contributed by atoms with Crippen molar-refractivity contribution >= 4 is 6.08 Å². The van der Waals surface area contributed by atoms with Crippen LogP contribution in [-0.2, 0) is 5.54 Å². The minimum atomic E-state index is -0.0369. The Morgan fingerprint density at radius 1 is 1.33 bits per heavy atom. The van der Waals surface area contributed by atoms with E-state index in [4.69, 9.17) is 5.73 Å². The second-order valence-electron chi connectivity index (χ2n) is 3.45. The molecule has 1 saturated carbocycles. The van der Waals surface area contributed by atoms with E-state index in [1.54, 1.807) is 0 Å². The molecule has 1 aromatic rings. The highest BCUT2D eigenvalue weighted by Crippen LogP contribution is 2.44. The van der Waals surface area contributed by atoms with Crippen LogP contribution in [-0.4, -0.2) is 0 Å². The first kappa shape index (κ1) is 7.56. The van der Waals surface area contributed by atoms with Gasteiger partial charge in [0.15, 0.2) is 0 Å². The molecule has 0 saturated heterocycles. The lowest BCUT2D eigenvalue weighted by molar-refractivity contribution is 0.738. The van der Waals surface area contributed by atoms with Crippen molar-refractivity contribution in [2.24, 2.45) is 5.73 Å². The number of benzene rings is 1. The largest absolute Gasteiger partial charge is 0.321 e. The second-order valence-corrected chi connectivity index (χ2v) is 3.45. The highest BCUT2D eigenvalue weighted by Gasteiger charge is 2.40. The Bertz CT molecular complexity index is 311. The summed E-state index contributed by atoms with van der Waals surface area (Å²) < 4.78 is 0. The standard InChI is InChI=1S/C11H13N/c1-2-9-5-3-4-6-10(9)11(12)7-8-11/h2-6H,1,7-8,12H2. The zero-order valence-corrected chi connectivity index (χ0v) is 7.09. The third-order valence-electron chi connectivity index (χ3n) is 2.51. The molecule has 0 bridgehead atoms. The van der Waals surface area contributed by atoms with Crippen molar-refractivity contribution in [2.45, 2.75) is 18.4 Å². The van der Waals surface area contributed by atoms with Gasteiger partial charge in [-0.2, -0.15) is 0 Å². The lowest BCUT2D eigenvalue weighted by Crippen LogP contribution is -2.19. The van der Waals surface area contributed by atoms with Crippen LogP contribution >= 0.6 is 0 Å². The molecule has 0 radical (unpaired) electrons. The summed E-state index contributed by atoms with van der Waals surface area (Å²) in [5, 5.41) is 0. The molecule has 0 heterocycles. The quantitative estimate of drug-likeness (QED) is 0.703. The maximum Gasteiger partial charge on any atom is 0.0417 e. The van der Waals surface area contributed by atoms with E-state index in [9.17, 15) is 0 Å². The summed E-state index contributed by atoms with van der Waals surface area (Å²) in [6.07, 6.45) is 4.10.